The van der Waals surface area contributed by atoms with Crippen molar-refractivity contribution in [3.05, 3.63) is 0 Å². The van der Waals surface area contributed by atoms with Gasteiger partial charge in [0.05, 0.1) is 6.07 Å². The summed E-state index contributed by atoms with van der Waals surface area (Å²) in [5, 5.41) is 8.83. The van der Waals surface area contributed by atoms with Gasteiger partial charge in [-0.2, -0.15) is 5.26 Å². The molecule has 1 saturated carbocycles. The fourth-order valence-corrected chi connectivity index (χ4v) is 2.33. The normalized spacial score (nSPS) is 18.4. The minimum absolute atomic E-state index is 0.0168. The molecule has 1 amide bonds. The maximum Gasteiger partial charge on any atom is 0.239 e. The van der Waals surface area contributed by atoms with Gasteiger partial charge in [-0.15, -0.1) is 0 Å². The highest BCUT2D eigenvalue weighted by atomic mass is 16.2. The van der Waals surface area contributed by atoms with Gasteiger partial charge in [0.2, 0.25) is 5.91 Å². The monoisotopic (exact) mass is 222 g/mol. The molecule has 0 saturated heterocycles. The van der Waals surface area contributed by atoms with Crippen LogP contribution in [0.3, 0.4) is 0 Å². The van der Waals surface area contributed by atoms with Gasteiger partial charge in [-0.05, 0) is 25.7 Å². The van der Waals surface area contributed by atoms with Crippen LogP contribution in [0.1, 0.15) is 46.5 Å². The fourth-order valence-electron chi connectivity index (χ4n) is 2.33. The summed E-state index contributed by atoms with van der Waals surface area (Å²) < 4.78 is 0. The number of hydrogen-bond donors (Lipinski definition) is 0. The van der Waals surface area contributed by atoms with Crippen LogP contribution in [0.5, 0.6) is 0 Å². The summed E-state index contributed by atoms with van der Waals surface area (Å²) in [6, 6.07) is 2.43. The maximum absolute atomic E-state index is 12.1. The second-order valence-corrected chi connectivity index (χ2v) is 5.17. The molecule has 0 N–H and O–H groups in total. The van der Waals surface area contributed by atoms with Crippen LogP contribution in [0.15, 0.2) is 0 Å². The Balaban J connectivity index is 2.70. The molecule has 90 valence electrons. The lowest BCUT2D eigenvalue weighted by molar-refractivity contribution is -0.136. The van der Waals surface area contributed by atoms with Gasteiger partial charge in [-0.25, -0.2) is 0 Å². The Morgan fingerprint density at radius 3 is 2.38 bits per heavy atom. The van der Waals surface area contributed by atoms with Gasteiger partial charge in [-0.3, -0.25) is 4.79 Å². The summed E-state index contributed by atoms with van der Waals surface area (Å²) in [6.07, 6.45) is 4.65. The van der Waals surface area contributed by atoms with Crippen molar-refractivity contribution in [2.24, 2.45) is 11.8 Å². The molecule has 1 fully saturated rings. The third kappa shape index (κ3) is 3.23. The SMILES string of the molecule is CC(C)CN(C(=O)C(C)C#N)C1CCCC1. The molecule has 0 bridgehead atoms. The van der Waals surface area contributed by atoms with E-state index in [1.54, 1.807) is 6.92 Å². The Hall–Kier alpha value is -1.04. The van der Waals surface area contributed by atoms with Crippen molar-refractivity contribution in [2.75, 3.05) is 6.54 Å². The van der Waals surface area contributed by atoms with E-state index in [2.05, 4.69) is 19.9 Å². The van der Waals surface area contributed by atoms with E-state index in [-0.39, 0.29) is 5.91 Å². The molecule has 16 heavy (non-hydrogen) atoms. The molecule has 1 aliphatic carbocycles. The second-order valence-electron chi connectivity index (χ2n) is 5.17. The summed E-state index contributed by atoms with van der Waals surface area (Å²) >= 11 is 0. The molecule has 1 rings (SSSR count). The third-order valence-corrected chi connectivity index (χ3v) is 3.17. The second kappa shape index (κ2) is 5.89. The summed E-state index contributed by atoms with van der Waals surface area (Å²) in [5.74, 6) is -0.0158. The number of amides is 1. The van der Waals surface area contributed by atoms with Crippen LogP contribution in [-0.2, 0) is 4.79 Å². The quantitative estimate of drug-likeness (QED) is 0.733. The van der Waals surface area contributed by atoms with Crippen LogP contribution in [0.2, 0.25) is 0 Å². The van der Waals surface area contributed by atoms with Crippen LogP contribution < -0.4 is 0 Å². The summed E-state index contributed by atoms with van der Waals surface area (Å²) in [6.45, 7) is 6.72. The van der Waals surface area contributed by atoms with Crippen LogP contribution in [-0.4, -0.2) is 23.4 Å². The first kappa shape index (κ1) is 13.0. The van der Waals surface area contributed by atoms with E-state index in [0.29, 0.717) is 12.0 Å². The maximum atomic E-state index is 12.1. The minimum atomic E-state index is -0.501. The molecule has 1 aliphatic rings. The van der Waals surface area contributed by atoms with E-state index in [1.807, 2.05) is 4.90 Å². The Labute approximate surface area is 98.4 Å². The highest BCUT2D eigenvalue weighted by Crippen LogP contribution is 2.25. The average molecular weight is 222 g/mol. The van der Waals surface area contributed by atoms with Crippen molar-refractivity contribution in [1.82, 2.24) is 4.90 Å². The fraction of sp³-hybridized carbons (Fsp3) is 0.846. The van der Waals surface area contributed by atoms with E-state index in [4.69, 9.17) is 5.26 Å². The number of hydrogen-bond acceptors (Lipinski definition) is 2. The minimum Gasteiger partial charge on any atom is -0.338 e. The molecule has 3 heteroatoms. The van der Waals surface area contributed by atoms with Gasteiger partial charge in [0, 0.05) is 12.6 Å². The first-order chi connectivity index (χ1) is 7.56. The zero-order chi connectivity index (χ0) is 12.1. The van der Waals surface area contributed by atoms with Crippen molar-refractivity contribution in [3.63, 3.8) is 0 Å². The zero-order valence-corrected chi connectivity index (χ0v) is 10.6. The molecule has 0 aromatic heterocycles. The zero-order valence-electron chi connectivity index (χ0n) is 10.6. The molecule has 0 aromatic rings. The predicted molar refractivity (Wildman–Crippen MR) is 63.6 cm³/mol. The number of carbonyl (C=O) groups is 1. The van der Waals surface area contributed by atoms with Crippen LogP contribution in [0.25, 0.3) is 0 Å². The van der Waals surface area contributed by atoms with E-state index in [1.165, 1.54) is 12.8 Å². The van der Waals surface area contributed by atoms with Gasteiger partial charge < -0.3 is 4.90 Å². The Morgan fingerprint density at radius 1 is 1.38 bits per heavy atom. The lowest BCUT2D eigenvalue weighted by atomic mass is 10.1. The third-order valence-electron chi connectivity index (χ3n) is 3.17. The van der Waals surface area contributed by atoms with Crippen LogP contribution in [0.4, 0.5) is 0 Å². The van der Waals surface area contributed by atoms with Crippen LogP contribution in [0, 0.1) is 23.2 Å². The number of rotatable bonds is 4. The molecular weight excluding hydrogens is 200 g/mol. The van der Waals surface area contributed by atoms with Gasteiger partial charge in [0.25, 0.3) is 0 Å². The highest BCUT2D eigenvalue weighted by Gasteiger charge is 2.29. The molecule has 0 aromatic carbocycles. The molecule has 0 aliphatic heterocycles. The van der Waals surface area contributed by atoms with Gasteiger partial charge in [-0.1, -0.05) is 26.7 Å². The molecule has 0 spiro atoms. The Kier molecular flexibility index (Phi) is 4.79. The van der Waals surface area contributed by atoms with Crippen molar-refractivity contribution < 1.29 is 4.79 Å². The summed E-state index contributed by atoms with van der Waals surface area (Å²) in [7, 11) is 0. The Bertz CT molecular complexity index is 274. The van der Waals surface area contributed by atoms with E-state index < -0.39 is 5.92 Å². The van der Waals surface area contributed by atoms with Gasteiger partial charge in [0.1, 0.15) is 5.92 Å². The van der Waals surface area contributed by atoms with E-state index in [0.717, 1.165) is 19.4 Å². The molecule has 0 heterocycles. The van der Waals surface area contributed by atoms with Gasteiger partial charge in [0.15, 0.2) is 0 Å². The van der Waals surface area contributed by atoms with Gasteiger partial charge >= 0.3 is 0 Å². The predicted octanol–water partition coefficient (Wildman–Crippen LogP) is 2.57. The first-order valence-electron chi connectivity index (χ1n) is 6.26. The van der Waals surface area contributed by atoms with Crippen molar-refractivity contribution >= 4 is 5.91 Å². The van der Waals surface area contributed by atoms with E-state index >= 15 is 0 Å². The standard InChI is InChI=1S/C13H22N2O/c1-10(2)9-15(12-6-4-5-7-12)13(16)11(3)8-14/h10-12H,4-7,9H2,1-3H3. The highest BCUT2D eigenvalue weighted by molar-refractivity contribution is 5.81. The topological polar surface area (TPSA) is 44.1 Å². The molecule has 0 radical (unpaired) electrons. The molecule has 1 unspecified atom stereocenters. The largest absolute Gasteiger partial charge is 0.338 e. The lowest BCUT2D eigenvalue weighted by Crippen LogP contribution is -2.43. The average Bonchev–Trinajstić information content (AvgIpc) is 2.76. The number of carbonyl (C=O) groups excluding carboxylic acids is 1. The number of nitriles is 1. The summed E-state index contributed by atoms with van der Waals surface area (Å²) in [4.78, 5) is 14.1. The molecule has 3 nitrogen and oxygen atoms in total. The van der Waals surface area contributed by atoms with Crippen molar-refractivity contribution in [3.8, 4) is 6.07 Å². The van der Waals surface area contributed by atoms with Crippen molar-refractivity contribution in [2.45, 2.75) is 52.5 Å². The van der Waals surface area contributed by atoms with E-state index in [9.17, 15) is 4.79 Å². The lowest BCUT2D eigenvalue weighted by Gasteiger charge is -2.31. The van der Waals surface area contributed by atoms with Crippen molar-refractivity contribution in [1.29, 1.82) is 5.26 Å². The summed E-state index contributed by atoms with van der Waals surface area (Å²) in [5.41, 5.74) is 0. The molecule has 1 atom stereocenters. The Morgan fingerprint density at radius 2 is 1.94 bits per heavy atom. The first-order valence-corrected chi connectivity index (χ1v) is 6.26. The number of nitrogens with zero attached hydrogens (tertiary/aromatic N) is 2. The van der Waals surface area contributed by atoms with Crippen LogP contribution >= 0.6 is 0 Å². The smallest absolute Gasteiger partial charge is 0.239 e. The molecular formula is C13H22N2O.